The van der Waals surface area contributed by atoms with E-state index in [0.717, 1.165) is 18.5 Å². The molecule has 9 heteroatoms. The second-order valence-corrected chi connectivity index (χ2v) is 6.54. The van der Waals surface area contributed by atoms with Gasteiger partial charge in [-0.2, -0.15) is 0 Å². The summed E-state index contributed by atoms with van der Waals surface area (Å²) in [5.74, 6) is 0. The topological polar surface area (TPSA) is 88.8 Å². The molecular formula is C12H17ClN6OS. The van der Waals surface area contributed by atoms with Crippen molar-refractivity contribution in [3.05, 3.63) is 21.9 Å². The van der Waals surface area contributed by atoms with Crippen molar-refractivity contribution in [2.24, 2.45) is 0 Å². The molecule has 1 aliphatic carbocycles. The minimum absolute atomic E-state index is 0.0785. The second-order valence-electron chi connectivity index (χ2n) is 5.18. The van der Waals surface area contributed by atoms with Gasteiger partial charge in [-0.1, -0.05) is 34.1 Å². The monoisotopic (exact) mass is 328 g/mol. The van der Waals surface area contributed by atoms with E-state index < -0.39 is 0 Å². The number of hydrogen-bond acceptors (Lipinski definition) is 7. The first-order chi connectivity index (χ1) is 10.3. The van der Waals surface area contributed by atoms with E-state index in [-0.39, 0.29) is 12.6 Å². The Morgan fingerprint density at radius 3 is 2.95 bits per heavy atom. The van der Waals surface area contributed by atoms with Crippen LogP contribution in [-0.4, -0.2) is 35.7 Å². The Hall–Kier alpha value is -1.09. The van der Waals surface area contributed by atoms with E-state index in [1.807, 2.05) is 10.9 Å². The van der Waals surface area contributed by atoms with Crippen LogP contribution in [0, 0.1) is 0 Å². The van der Waals surface area contributed by atoms with Crippen molar-refractivity contribution in [1.82, 2.24) is 29.9 Å². The molecular weight excluding hydrogens is 312 g/mol. The van der Waals surface area contributed by atoms with E-state index in [0.29, 0.717) is 22.6 Å². The van der Waals surface area contributed by atoms with E-state index in [2.05, 4.69) is 25.2 Å². The van der Waals surface area contributed by atoms with Gasteiger partial charge >= 0.3 is 0 Å². The summed E-state index contributed by atoms with van der Waals surface area (Å²) in [6.07, 6.45) is 6.32. The molecule has 0 amide bonds. The summed E-state index contributed by atoms with van der Waals surface area (Å²) >= 11 is 7.23. The van der Waals surface area contributed by atoms with E-state index in [1.165, 1.54) is 24.4 Å². The molecule has 0 unspecified atom stereocenters. The van der Waals surface area contributed by atoms with Crippen molar-refractivity contribution in [2.45, 2.75) is 50.9 Å². The highest BCUT2D eigenvalue weighted by atomic mass is 35.5. The number of rotatable bonds is 5. The minimum Gasteiger partial charge on any atom is -0.390 e. The van der Waals surface area contributed by atoms with Crippen molar-refractivity contribution >= 4 is 23.1 Å². The van der Waals surface area contributed by atoms with Crippen LogP contribution in [0.2, 0.25) is 4.34 Å². The van der Waals surface area contributed by atoms with Crippen molar-refractivity contribution in [3.8, 4) is 0 Å². The minimum atomic E-state index is -0.0785. The SMILES string of the molecule is OCc1cn([C@@H]2CCCC[C@@H]2NCc2nnsc2Cl)nn1. The van der Waals surface area contributed by atoms with Gasteiger partial charge < -0.3 is 10.4 Å². The van der Waals surface area contributed by atoms with Gasteiger partial charge in [-0.15, -0.1) is 10.2 Å². The first kappa shape index (κ1) is 14.8. The van der Waals surface area contributed by atoms with Gasteiger partial charge in [0.1, 0.15) is 15.7 Å². The highest BCUT2D eigenvalue weighted by molar-refractivity contribution is 7.10. The van der Waals surface area contributed by atoms with Gasteiger partial charge in [-0.25, -0.2) is 4.68 Å². The molecule has 0 bridgehead atoms. The summed E-state index contributed by atoms with van der Waals surface area (Å²) in [5, 5.41) is 24.7. The van der Waals surface area contributed by atoms with Crippen LogP contribution in [0.5, 0.6) is 0 Å². The molecule has 2 aromatic heterocycles. The van der Waals surface area contributed by atoms with E-state index >= 15 is 0 Å². The first-order valence-electron chi connectivity index (χ1n) is 6.99. The molecule has 0 spiro atoms. The summed E-state index contributed by atoms with van der Waals surface area (Å²) in [7, 11) is 0. The molecule has 1 saturated carbocycles. The predicted octanol–water partition coefficient (Wildman–Crippen LogP) is 1.55. The predicted molar refractivity (Wildman–Crippen MR) is 79.0 cm³/mol. The fourth-order valence-corrected chi connectivity index (χ4v) is 3.37. The third kappa shape index (κ3) is 3.39. The first-order valence-corrected chi connectivity index (χ1v) is 8.14. The lowest BCUT2D eigenvalue weighted by Crippen LogP contribution is -2.39. The van der Waals surface area contributed by atoms with Crippen molar-refractivity contribution in [1.29, 1.82) is 0 Å². The zero-order valence-electron chi connectivity index (χ0n) is 11.4. The molecule has 21 heavy (non-hydrogen) atoms. The largest absolute Gasteiger partial charge is 0.390 e. The molecule has 3 rings (SSSR count). The van der Waals surface area contributed by atoms with Gasteiger partial charge in [0, 0.05) is 24.1 Å². The number of aliphatic hydroxyl groups excluding tert-OH is 1. The lowest BCUT2D eigenvalue weighted by Gasteiger charge is -2.32. The van der Waals surface area contributed by atoms with Gasteiger partial charge in [0.05, 0.1) is 18.8 Å². The molecule has 0 saturated heterocycles. The number of nitrogens with zero attached hydrogens (tertiary/aromatic N) is 5. The molecule has 0 aliphatic heterocycles. The Bertz CT molecular complexity index is 588. The average molecular weight is 329 g/mol. The van der Waals surface area contributed by atoms with Crippen LogP contribution in [0.3, 0.4) is 0 Å². The van der Waals surface area contributed by atoms with E-state index in [1.54, 1.807) is 0 Å². The Balaban J connectivity index is 1.68. The number of nitrogens with one attached hydrogen (secondary N) is 1. The van der Waals surface area contributed by atoms with Crippen LogP contribution >= 0.6 is 23.1 Å². The number of halogens is 1. The molecule has 2 heterocycles. The summed E-state index contributed by atoms with van der Waals surface area (Å²) in [4.78, 5) is 0. The fourth-order valence-electron chi connectivity index (χ4n) is 2.74. The van der Waals surface area contributed by atoms with Crippen LogP contribution < -0.4 is 5.32 Å². The lowest BCUT2D eigenvalue weighted by atomic mass is 9.90. The normalized spacial score (nSPS) is 22.6. The molecule has 0 aromatic carbocycles. The van der Waals surface area contributed by atoms with Crippen LogP contribution in [0.15, 0.2) is 6.20 Å². The highest BCUT2D eigenvalue weighted by Gasteiger charge is 2.27. The summed E-state index contributed by atoms with van der Waals surface area (Å²) in [6, 6.07) is 0.543. The Kier molecular flexibility index (Phi) is 4.79. The van der Waals surface area contributed by atoms with Gasteiger partial charge in [-0.3, -0.25) is 0 Å². The summed E-state index contributed by atoms with van der Waals surface area (Å²) in [6.45, 7) is 0.531. The molecule has 114 valence electrons. The van der Waals surface area contributed by atoms with E-state index in [4.69, 9.17) is 16.7 Å². The van der Waals surface area contributed by atoms with Crippen molar-refractivity contribution in [3.63, 3.8) is 0 Å². The molecule has 0 radical (unpaired) electrons. The van der Waals surface area contributed by atoms with Crippen LogP contribution in [0.25, 0.3) is 0 Å². The van der Waals surface area contributed by atoms with Crippen molar-refractivity contribution in [2.75, 3.05) is 0 Å². The summed E-state index contributed by atoms with van der Waals surface area (Å²) < 4.78 is 6.34. The maximum atomic E-state index is 9.11. The zero-order chi connectivity index (χ0) is 14.7. The van der Waals surface area contributed by atoms with Crippen LogP contribution in [0.1, 0.15) is 43.1 Å². The third-order valence-corrected chi connectivity index (χ3v) is 4.81. The molecule has 1 aliphatic rings. The Labute approximate surface area is 131 Å². The maximum Gasteiger partial charge on any atom is 0.138 e. The lowest BCUT2D eigenvalue weighted by molar-refractivity contribution is 0.242. The fraction of sp³-hybridized carbons (Fsp3) is 0.667. The van der Waals surface area contributed by atoms with Gasteiger partial charge in [0.2, 0.25) is 0 Å². The quantitative estimate of drug-likeness (QED) is 0.865. The number of hydrogen-bond donors (Lipinski definition) is 2. The number of aliphatic hydroxyl groups is 1. The van der Waals surface area contributed by atoms with Gasteiger partial charge in [0.15, 0.2) is 0 Å². The standard InChI is InChI=1S/C12H17ClN6OS/c13-12-10(16-18-21-12)5-14-9-3-1-2-4-11(9)19-6-8(7-20)15-17-19/h6,9,11,14,20H,1-5,7H2/t9-,11+/m0/s1. The molecule has 2 aromatic rings. The Morgan fingerprint density at radius 1 is 1.38 bits per heavy atom. The zero-order valence-corrected chi connectivity index (χ0v) is 13.0. The average Bonchev–Trinajstić information content (AvgIpc) is 3.14. The van der Waals surface area contributed by atoms with Gasteiger partial charge in [0.25, 0.3) is 0 Å². The smallest absolute Gasteiger partial charge is 0.138 e. The molecule has 2 N–H and O–H groups in total. The van der Waals surface area contributed by atoms with Crippen LogP contribution in [0.4, 0.5) is 0 Å². The van der Waals surface area contributed by atoms with Crippen molar-refractivity contribution < 1.29 is 5.11 Å². The second kappa shape index (κ2) is 6.78. The molecule has 2 atom stereocenters. The van der Waals surface area contributed by atoms with E-state index in [9.17, 15) is 0 Å². The third-order valence-electron chi connectivity index (χ3n) is 3.83. The summed E-state index contributed by atoms with van der Waals surface area (Å²) in [5.41, 5.74) is 1.40. The van der Waals surface area contributed by atoms with Crippen LogP contribution in [-0.2, 0) is 13.2 Å². The molecule has 7 nitrogen and oxygen atoms in total. The number of aromatic nitrogens is 5. The molecule has 1 fully saturated rings. The maximum absolute atomic E-state index is 9.11. The highest BCUT2D eigenvalue weighted by Crippen LogP contribution is 2.29. The Morgan fingerprint density at radius 2 is 2.24 bits per heavy atom. The van der Waals surface area contributed by atoms with Gasteiger partial charge in [-0.05, 0) is 12.8 Å².